The molecule has 0 aromatic heterocycles. The molecule has 1 aromatic carbocycles. The molecule has 0 unspecified atom stereocenters. The van der Waals surface area contributed by atoms with E-state index >= 15 is 0 Å². The fourth-order valence-corrected chi connectivity index (χ4v) is 3.92. The zero-order valence-electron chi connectivity index (χ0n) is 15.1. The van der Waals surface area contributed by atoms with Crippen molar-refractivity contribution in [2.24, 2.45) is 11.7 Å². The van der Waals surface area contributed by atoms with E-state index in [4.69, 9.17) is 22.1 Å². The maximum atomic E-state index is 12.6. The van der Waals surface area contributed by atoms with Crippen molar-refractivity contribution in [3.8, 4) is 5.75 Å². The van der Waals surface area contributed by atoms with E-state index in [0.717, 1.165) is 30.7 Å². The standard InChI is InChI=1S/C19H26ClN3O3/c1-13-10-22(11-15-9-16(20)4-5-17(15)26-13)8-6-18(24)23-7-2-3-14(12-23)19(21)25/h4-5,9,13-14H,2-3,6-8,10-12H2,1H3,(H2,21,25)/t13-,14-/m1/s1. The van der Waals surface area contributed by atoms with E-state index in [1.807, 2.05) is 25.1 Å². The first-order valence-corrected chi connectivity index (χ1v) is 9.54. The minimum atomic E-state index is -0.311. The predicted molar refractivity (Wildman–Crippen MR) is 99.9 cm³/mol. The average Bonchev–Trinajstić information content (AvgIpc) is 2.77. The first-order chi connectivity index (χ1) is 12.4. The van der Waals surface area contributed by atoms with Gasteiger partial charge >= 0.3 is 0 Å². The number of fused-ring (bicyclic) bond motifs is 1. The first kappa shape index (κ1) is 19.0. The molecule has 1 fully saturated rings. The number of carbonyl (C=O) groups is 2. The maximum absolute atomic E-state index is 12.6. The second-order valence-corrected chi connectivity index (χ2v) is 7.68. The number of nitrogens with two attached hydrogens (primary N) is 1. The van der Waals surface area contributed by atoms with Crippen molar-refractivity contribution in [2.45, 2.75) is 38.8 Å². The molecule has 2 atom stereocenters. The highest BCUT2D eigenvalue weighted by atomic mass is 35.5. The summed E-state index contributed by atoms with van der Waals surface area (Å²) in [5, 5.41) is 0.684. The SMILES string of the molecule is C[C@@H]1CN(CCC(=O)N2CCC[C@@H](C(N)=O)C2)Cc2cc(Cl)ccc2O1. The van der Waals surface area contributed by atoms with Crippen molar-refractivity contribution in [3.63, 3.8) is 0 Å². The number of amides is 2. The van der Waals surface area contributed by atoms with E-state index in [0.29, 0.717) is 37.6 Å². The Morgan fingerprint density at radius 2 is 2.15 bits per heavy atom. The molecule has 1 aromatic rings. The van der Waals surface area contributed by atoms with Gasteiger partial charge in [-0.2, -0.15) is 0 Å². The third-order valence-electron chi connectivity index (χ3n) is 5.08. The lowest BCUT2D eigenvalue weighted by Gasteiger charge is -2.32. The Labute approximate surface area is 159 Å². The number of rotatable bonds is 4. The zero-order valence-corrected chi connectivity index (χ0v) is 15.9. The van der Waals surface area contributed by atoms with Gasteiger partial charge in [0.15, 0.2) is 0 Å². The molecule has 0 bridgehead atoms. The van der Waals surface area contributed by atoms with Gasteiger partial charge < -0.3 is 15.4 Å². The third-order valence-corrected chi connectivity index (χ3v) is 5.31. The molecule has 2 aliphatic heterocycles. The summed E-state index contributed by atoms with van der Waals surface area (Å²) < 4.78 is 5.96. The van der Waals surface area contributed by atoms with Crippen molar-refractivity contribution in [2.75, 3.05) is 26.2 Å². The molecule has 26 heavy (non-hydrogen) atoms. The van der Waals surface area contributed by atoms with Crippen LogP contribution in [-0.2, 0) is 16.1 Å². The van der Waals surface area contributed by atoms with Crippen LogP contribution in [-0.4, -0.2) is 53.9 Å². The van der Waals surface area contributed by atoms with E-state index in [2.05, 4.69) is 4.90 Å². The Bertz CT molecular complexity index is 682. The average molecular weight is 380 g/mol. The zero-order chi connectivity index (χ0) is 18.7. The lowest BCUT2D eigenvalue weighted by Crippen LogP contribution is -2.45. The summed E-state index contributed by atoms with van der Waals surface area (Å²) in [6.07, 6.45) is 2.08. The molecule has 2 N–H and O–H groups in total. The number of piperidine rings is 1. The second kappa shape index (κ2) is 8.27. The highest BCUT2D eigenvalue weighted by Crippen LogP contribution is 2.28. The Hall–Kier alpha value is -1.79. The number of halogens is 1. The van der Waals surface area contributed by atoms with E-state index in [-0.39, 0.29) is 23.8 Å². The Balaban J connectivity index is 1.58. The molecule has 142 valence electrons. The Morgan fingerprint density at radius 3 is 2.92 bits per heavy atom. The van der Waals surface area contributed by atoms with Crippen LogP contribution in [0.4, 0.5) is 0 Å². The van der Waals surface area contributed by atoms with Crippen LogP contribution in [0.25, 0.3) is 0 Å². The van der Waals surface area contributed by atoms with Gasteiger partial charge in [0.05, 0.1) is 5.92 Å². The lowest BCUT2D eigenvalue weighted by molar-refractivity contribution is -0.135. The molecule has 7 heteroatoms. The van der Waals surface area contributed by atoms with Gasteiger partial charge in [0.1, 0.15) is 11.9 Å². The minimum absolute atomic E-state index is 0.0433. The molecule has 0 saturated carbocycles. The van der Waals surface area contributed by atoms with Crippen molar-refractivity contribution in [1.29, 1.82) is 0 Å². The van der Waals surface area contributed by atoms with Gasteiger partial charge in [-0.05, 0) is 38.0 Å². The van der Waals surface area contributed by atoms with Crippen molar-refractivity contribution < 1.29 is 14.3 Å². The van der Waals surface area contributed by atoms with Crippen LogP contribution in [0.2, 0.25) is 5.02 Å². The molecule has 0 spiro atoms. The molecule has 3 rings (SSSR count). The van der Waals surface area contributed by atoms with Gasteiger partial charge in [0.2, 0.25) is 11.8 Å². The number of ether oxygens (including phenoxy) is 1. The van der Waals surface area contributed by atoms with Crippen LogP contribution in [0.3, 0.4) is 0 Å². The highest BCUT2D eigenvalue weighted by molar-refractivity contribution is 6.30. The Kier molecular flexibility index (Phi) is 6.04. The van der Waals surface area contributed by atoms with Gasteiger partial charge in [-0.1, -0.05) is 11.6 Å². The van der Waals surface area contributed by atoms with Gasteiger partial charge in [-0.15, -0.1) is 0 Å². The monoisotopic (exact) mass is 379 g/mol. The molecular weight excluding hydrogens is 354 g/mol. The number of benzene rings is 1. The molecule has 6 nitrogen and oxygen atoms in total. The summed E-state index contributed by atoms with van der Waals surface area (Å²) in [6, 6.07) is 5.66. The van der Waals surface area contributed by atoms with Crippen LogP contribution in [0.5, 0.6) is 5.75 Å². The van der Waals surface area contributed by atoms with Crippen molar-refractivity contribution in [3.05, 3.63) is 28.8 Å². The summed E-state index contributed by atoms with van der Waals surface area (Å²) >= 11 is 6.11. The molecule has 0 aliphatic carbocycles. The van der Waals surface area contributed by atoms with Gasteiger partial charge in [0.25, 0.3) is 0 Å². The largest absolute Gasteiger partial charge is 0.489 e. The minimum Gasteiger partial charge on any atom is -0.489 e. The fourth-order valence-electron chi connectivity index (χ4n) is 3.73. The topological polar surface area (TPSA) is 75.9 Å². The number of primary amides is 1. The van der Waals surface area contributed by atoms with Crippen molar-refractivity contribution >= 4 is 23.4 Å². The lowest BCUT2D eigenvalue weighted by atomic mass is 9.97. The van der Waals surface area contributed by atoms with Crippen LogP contribution in [0, 0.1) is 5.92 Å². The predicted octanol–water partition coefficient (Wildman–Crippen LogP) is 2.04. The van der Waals surface area contributed by atoms with Gasteiger partial charge in [-0.25, -0.2) is 0 Å². The highest BCUT2D eigenvalue weighted by Gasteiger charge is 2.27. The number of hydrogen-bond donors (Lipinski definition) is 1. The van der Waals surface area contributed by atoms with Crippen LogP contribution >= 0.6 is 11.6 Å². The number of nitrogens with zero attached hydrogens (tertiary/aromatic N) is 2. The van der Waals surface area contributed by atoms with E-state index in [1.54, 1.807) is 4.90 Å². The van der Waals surface area contributed by atoms with Crippen LogP contribution in [0.15, 0.2) is 18.2 Å². The number of hydrogen-bond acceptors (Lipinski definition) is 4. The van der Waals surface area contributed by atoms with Gasteiger partial charge in [-0.3, -0.25) is 14.5 Å². The smallest absolute Gasteiger partial charge is 0.223 e. The first-order valence-electron chi connectivity index (χ1n) is 9.17. The fraction of sp³-hybridized carbons (Fsp3) is 0.579. The maximum Gasteiger partial charge on any atom is 0.223 e. The summed E-state index contributed by atoms with van der Waals surface area (Å²) in [5.74, 6) is 0.416. The molecule has 2 heterocycles. The third kappa shape index (κ3) is 4.68. The quantitative estimate of drug-likeness (QED) is 0.868. The summed E-state index contributed by atoms with van der Waals surface area (Å²) in [4.78, 5) is 28.0. The Morgan fingerprint density at radius 1 is 1.35 bits per heavy atom. The molecule has 0 radical (unpaired) electrons. The summed E-state index contributed by atoms with van der Waals surface area (Å²) in [6.45, 7) is 5.30. The number of carbonyl (C=O) groups excluding carboxylic acids is 2. The molecule has 1 saturated heterocycles. The molecular formula is C19H26ClN3O3. The van der Waals surface area contributed by atoms with Gasteiger partial charge in [0, 0.05) is 49.7 Å². The van der Waals surface area contributed by atoms with E-state index in [9.17, 15) is 9.59 Å². The van der Waals surface area contributed by atoms with Crippen LogP contribution < -0.4 is 10.5 Å². The van der Waals surface area contributed by atoms with Crippen molar-refractivity contribution in [1.82, 2.24) is 9.80 Å². The van der Waals surface area contributed by atoms with E-state index in [1.165, 1.54) is 0 Å². The molecule has 2 aliphatic rings. The second-order valence-electron chi connectivity index (χ2n) is 7.25. The summed E-state index contributed by atoms with van der Waals surface area (Å²) in [5.41, 5.74) is 6.44. The number of likely N-dealkylation sites (tertiary alicyclic amines) is 1. The van der Waals surface area contributed by atoms with E-state index < -0.39 is 0 Å². The normalized spacial score (nSPS) is 23.7. The van der Waals surface area contributed by atoms with Crippen LogP contribution in [0.1, 0.15) is 31.7 Å². The molecule has 2 amide bonds. The summed E-state index contributed by atoms with van der Waals surface area (Å²) in [7, 11) is 0.